The molecule has 1 saturated carbocycles. The Bertz CT molecular complexity index is 1700. The molecule has 4 aromatic rings. The zero-order valence-corrected chi connectivity index (χ0v) is 23.6. The van der Waals surface area contributed by atoms with E-state index in [9.17, 15) is 10.1 Å². The van der Waals surface area contributed by atoms with Crippen LogP contribution in [0.2, 0.25) is 0 Å². The number of ether oxygens (including phenoxy) is 2. The van der Waals surface area contributed by atoms with E-state index < -0.39 is 23.4 Å². The average Bonchev–Trinajstić information content (AvgIpc) is 3.87. The van der Waals surface area contributed by atoms with Crippen LogP contribution in [-0.2, 0) is 6.54 Å². The number of carbonyl (C=O) groups excluding carboxylic acids is 1. The molecule has 0 saturated heterocycles. The lowest BCUT2D eigenvalue weighted by atomic mass is 10.0. The van der Waals surface area contributed by atoms with Crippen molar-refractivity contribution in [3.05, 3.63) is 107 Å². The van der Waals surface area contributed by atoms with E-state index in [4.69, 9.17) is 14.5 Å². The highest BCUT2D eigenvalue weighted by Gasteiger charge is 2.40. The molecule has 216 valence electrons. The molecule has 3 aromatic carbocycles. The van der Waals surface area contributed by atoms with E-state index in [1.165, 1.54) is 25.3 Å². The molecule has 2 amide bonds. The molecule has 1 aromatic heterocycles. The third kappa shape index (κ3) is 5.14. The van der Waals surface area contributed by atoms with Crippen molar-refractivity contribution >= 4 is 28.9 Å². The van der Waals surface area contributed by atoms with Crippen molar-refractivity contribution in [1.29, 1.82) is 5.26 Å². The molecular formula is C33H27F2N5O3. The molecule has 1 aliphatic heterocycles. The van der Waals surface area contributed by atoms with E-state index in [0.29, 0.717) is 17.0 Å². The third-order valence-electron chi connectivity index (χ3n) is 7.55. The minimum atomic E-state index is -1.03. The number of anilines is 2. The quantitative estimate of drug-likeness (QED) is 0.215. The Morgan fingerprint density at radius 1 is 0.977 bits per heavy atom. The minimum Gasteiger partial charge on any atom is -0.493 e. The van der Waals surface area contributed by atoms with Gasteiger partial charge in [0.05, 0.1) is 32.2 Å². The highest BCUT2D eigenvalue weighted by Crippen LogP contribution is 2.44. The monoisotopic (exact) mass is 579 g/mol. The number of urea groups is 1. The predicted octanol–water partition coefficient (Wildman–Crippen LogP) is 6.77. The van der Waals surface area contributed by atoms with Gasteiger partial charge in [0.15, 0.2) is 29.0 Å². The molecule has 0 N–H and O–H groups in total. The number of rotatable bonds is 8. The van der Waals surface area contributed by atoms with Crippen molar-refractivity contribution in [2.24, 2.45) is 10.9 Å². The van der Waals surface area contributed by atoms with Crippen molar-refractivity contribution in [2.45, 2.75) is 19.4 Å². The maximum absolute atomic E-state index is 15.5. The maximum Gasteiger partial charge on any atom is 0.329 e. The van der Waals surface area contributed by atoms with Gasteiger partial charge in [0, 0.05) is 35.5 Å². The van der Waals surface area contributed by atoms with E-state index in [0.717, 1.165) is 34.9 Å². The molecule has 0 bridgehead atoms. The summed E-state index contributed by atoms with van der Waals surface area (Å²) in [5.41, 5.74) is 2.58. The normalized spacial score (nSPS) is 14.2. The van der Waals surface area contributed by atoms with E-state index >= 15 is 8.78 Å². The first-order chi connectivity index (χ1) is 20.9. The first-order valence-corrected chi connectivity index (χ1v) is 13.8. The van der Waals surface area contributed by atoms with Gasteiger partial charge in [-0.15, -0.1) is 0 Å². The number of amides is 2. The molecule has 2 heterocycles. The lowest BCUT2D eigenvalue weighted by molar-refractivity contribution is 0.249. The van der Waals surface area contributed by atoms with Crippen LogP contribution in [0, 0.1) is 28.9 Å². The van der Waals surface area contributed by atoms with E-state index in [1.54, 1.807) is 0 Å². The molecule has 2 aliphatic rings. The number of pyridine rings is 1. The van der Waals surface area contributed by atoms with Gasteiger partial charge in [-0.25, -0.2) is 23.6 Å². The van der Waals surface area contributed by atoms with E-state index in [-0.39, 0.29) is 41.9 Å². The van der Waals surface area contributed by atoms with Gasteiger partial charge in [0.25, 0.3) is 0 Å². The fourth-order valence-corrected chi connectivity index (χ4v) is 5.23. The first kappa shape index (κ1) is 27.8. The summed E-state index contributed by atoms with van der Waals surface area (Å²) in [6.07, 6.45) is 3.31. The number of methoxy groups -OCH3 is 2. The molecule has 6 rings (SSSR count). The van der Waals surface area contributed by atoms with E-state index in [1.807, 2.05) is 60.7 Å². The van der Waals surface area contributed by atoms with Crippen LogP contribution >= 0.6 is 0 Å². The molecule has 8 nitrogen and oxygen atoms in total. The lowest BCUT2D eigenvalue weighted by Gasteiger charge is -2.38. The third-order valence-corrected chi connectivity index (χ3v) is 7.55. The molecular weight excluding hydrogens is 552 g/mol. The van der Waals surface area contributed by atoms with Gasteiger partial charge >= 0.3 is 6.03 Å². The Hall–Kier alpha value is -5.30. The van der Waals surface area contributed by atoms with Gasteiger partial charge in [-0.2, -0.15) is 5.26 Å². The summed E-state index contributed by atoms with van der Waals surface area (Å²) in [6.45, 7) is 0.0497. The van der Waals surface area contributed by atoms with Crippen molar-refractivity contribution in [2.75, 3.05) is 30.6 Å². The summed E-state index contributed by atoms with van der Waals surface area (Å²) in [5.74, 6) is -2.26. The number of carbonyl (C=O) groups is 1. The molecule has 1 aliphatic carbocycles. The number of nitrogens with zero attached hydrogens (tertiary/aromatic N) is 5. The molecule has 43 heavy (non-hydrogen) atoms. The number of hydrogen-bond donors (Lipinski definition) is 0. The van der Waals surface area contributed by atoms with E-state index in [2.05, 4.69) is 11.1 Å². The molecule has 0 radical (unpaired) electrons. The van der Waals surface area contributed by atoms with Gasteiger partial charge in [0.2, 0.25) is 0 Å². The number of aliphatic imine (C=N–C) groups is 1. The maximum atomic E-state index is 15.5. The smallest absolute Gasteiger partial charge is 0.329 e. The van der Waals surface area contributed by atoms with Crippen LogP contribution in [0.3, 0.4) is 0 Å². The molecule has 0 atom stereocenters. The van der Waals surface area contributed by atoms with Crippen LogP contribution in [0.5, 0.6) is 11.5 Å². The number of hydrogen-bond acceptors (Lipinski definition) is 6. The Morgan fingerprint density at radius 2 is 1.56 bits per heavy atom. The Kier molecular flexibility index (Phi) is 7.47. The number of nitriles is 1. The van der Waals surface area contributed by atoms with Crippen LogP contribution in [0.1, 0.15) is 35.1 Å². The van der Waals surface area contributed by atoms with Crippen LogP contribution < -0.4 is 19.3 Å². The SMILES string of the molecule is COc1cc(OC)c(F)c(N2Cc3cnc(N=C(c4ccccc4)c4ccccc4)c(C#N)c3N(CC3CC3)C2=O)c1F. The molecule has 0 unspecified atom stereocenters. The number of halogens is 2. The number of fused-ring (bicyclic) bond motifs is 1. The second kappa shape index (κ2) is 11.5. The highest BCUT2D eigenvalue weighted by atomic mass is 19.1. The average molecular weight is 580 g/mol. The largest absolute Gasteiger partial charge is 0.493 e. The van der Waals surface area contributed by atoms with Crippen LogP contribution in [0.25, 0.3) is 0 Å². The molecule has 1 fully saturated rings. The number of aromatic nitrogens is 1. The summed E-state index contributed by atoms with van der Waals surface area (Å²) >= 11 is 0. The highest BCUT2D eigenvalue weighted by molar-refractivity contribution is 6.14. The molecule has 0 spiro atoms. The first-order valence-electron chi connectivity index (χ1n) is 13.8. The van der Waals surface area contributed by atoms with Gasteiger partial charge in [-0.3, -0.25) is 9.80 Å². The fourth-order valence-electron chi connectivity index (χ4n) is 5.23. The van der Waals surface area contributed by atoms with Crippen LogP contribution in [0.15, 0.2) is 77.9 Å². The summed E-state index contributed by atoms with van der Waals surface area (Å²) < 4.78 is 41.3. The summed E-state index contributed by atoms with van der Waals surface area (Å²) in [7, 11) is 2.49. The second-order valence-corrected chi connectivity index (χ2v) is 10.3. The van der Waals surface area contributed by atoms with Crippen molar-refractivity contribution in [3.63, 3.8) is 0 Å². The lowest BCUT2D eigenvalue weighted by Crippen LogP contribution is -2.49. The zero-order chi connectivity index (χ0) is 30.1. The summed E-state index contributed by atoms with van der Waals surface area (Å²) in [4.78, 5) is 25.9. The van der Waals surface area contributed by atoms with Crippen LogP contribution in [-0.4, -0.2) is 37.5 Å². The summed E-state index contributed by atoms with van der Waals surface area (Å²) in [5, 5.41) is 10.4. The van der Waals surface area contributed by atoms with Crippen molar-refractivity contribution in [3.8, 4) is 17.6 Å². The second-order valence-electron chi connectivity index (χ2n) is 10.3. The van der Waals surface area contributed by atoms with Gasteiger partial charge in [-0.1, -0.05) is 60.7 Å². The Morgan fingerprint density at radius 3 is 2.07 bits per heavy atom. The zero-order valence-electron chi connectivity index (χ0n) is 23.6. The van der Waals surface area contributed by atoms with Crippen LogP contribution in [0.4, 0.5) is 30.8 Å². The Balaban J connectivity index is 1.52. The predicted molar refractivity (Wildman–Crippen MR) is 158 cm³/mol. The van der Waals surface area contributed by atoms with Gasteiger partial charge in [0.1, 0.15) is 17.3 Å². The molecule has 10 heteroatoms. The standard InChI is InChI=1S/C33H27F2N5O3/c1-42-25-15-26(43-2)28(35)31(27(25)34)40-19-23-17-37-32(24(16-36)30(23)39(33(40)41)18-20-13-14-20)38-29(21-9-5-3-6-10-21)22-11-7-4-8-12-22/h3-12,15,17,20H,13-14,18-19H2,1-2H3. The topological polar surface area (TPSA) is 91.1 Å². The van der Waals surface area contributed by atoms with Gasteiger partial charge in [-0.05, 0) is 18.8 Å². The minimum absolute atomic E-state index is 0.111. The van der Waals surface area contributed by atoms with Crippen molar-refractivity contribution in [1.82, 2.24) is 4.98 Å². The Labute approximate surface area is 247 Å². The van der Waals surface area contributed by atoms with Gasteiger partial charge < -0.3 is 9.47 Å². The van der Waals surface area contributed by atoms with Crippen molar-refractivity contribution < 1.29 is 23.0 Å². The number of benzene rings is 3. The summed E-state index contributed by atoms with van der Waals surface area (Å²) in [6, 6.07) is 21.7. The fraction of sp³-hybridized carbons (Fsp3) is 0.212.